The molecule has 4 atom stereocenters. The number of carbonyl (C=O) groups excluding carboxylic acids is 2. The van der Waals surface area contributed by atoms with Gasteiger partial charge in [-0.2, -0.15) is 5.10 Å². The molecule has 2 aromatic carbocycles. The van der Waals surface area contributed by atoms with Crippen LogP contribution in [0.5, 0.6) is 5.75 Å². The van der Waals surface area contributed by atoms with Gasteiger partial charge in [0.25, 0.3) is 11.8 Å². The molecule has 1 aromatic heterocycles. The van der Waals surface area contributed by atoms with Crippen LogP contribution in [0.25, 0.3) is 0 Å². The first kappa shape index (κ1) is 34.2. The summed E-state index contributed by atoms with van der Waals surface area (Å²) in [5.41, 5.74) is 1.54. The standard InChI is InChI=1S/C35H42ClN5O6S/c1-35(2)34(44)39-48(45,38-33(43)26-19-37-40(3)20-26)28-12-14-32-30(18-28)41(21-24-10-13-29(24)31(42)8-6-16-47-35)15-5-4-7-23-17-27(36)11-9-25(23)22-46-32/h6,8-9,11-12,14,17-20,24,29,31,42H,4-5,7,10,13,15-16,21-22H2,1-3H3,(H,38,39,43,44,45)/b8-6+/t24-,29+,31-,48?/m0/s1. The average molecular weight is 696 g/mol. The number of nitrogens with zero attached hydrogens (tertiary/aromatic N) is 4. The summed E-state index contributed by atoms with van der Waals surface area (Å²) >= 11 is 6.35. The Morgan fingerprint density at radius 2 is 1.98 bits per heavy atom. The van der Waals surface area contributed by atoms with Crippen molar-refractivity contribution in [3.05, 3.63) is 82.7 Å². The van der Waals surface area contributed by atoms with Crippen LogP contribution >= 0.6 is 11.6 Å². The summed E-state index contributed by atoms with van der Waals surface area (Å²) in [4.78, 5) is 29.4. The van der Waals surface area contributed by atoms with Crippen LogP contribution < -0.4 is 14.4 Å². The van der Waals surface area contributed by atoms with Gasteiger partial charge in [0.1, 0.15) is 18.0 Å². The van der Waals surface area contributed by atoms with Crippen LogP contribution in [0.15, 0.2) is 70.2 Å². The van der Waals surface area contributed by atoms with Crippen LogP contribution in [-0.4, -0.2) is 62.3 Å². The van der Waals surface area contributed by atoms with E-state index in [2.05, 4.69) is 19.1 Å². The number of aryl methyl sites for hydroxylation is 2. The fourth-order valence-corrected chi connectivity index (χ4v) is 8.19. The summed E-state index contributed by atoms with van der Waals surface area (Å²) in [5, 5.41) is 15.8. The summed E-state index contributed by atoms with van der Waals surface area (Å²) in [6, 6.07) is 10.8. The first-order valence-electron chi connectivity index (χ1n) is 16.3. The van der Waals surface area contributed by atoms with Crippen LogP contribution in [0, 0.1) is 11.8 Å². The highest BCUT2D eigenvalue weighted by atomic mass is 35.5. The van der Waals surface area contributed by atoms with E-state index >= 15 is 0 Å². The van der Waals surface area contributed by atoms with E-state index in [4.69, 9.17) is 21.1 Å². The molecule has 2 bridgehead atoms. The molecule has 0 spiro atoms. The molecule has 2 aliphatic heterocycles. The molecule has 3 aliphatic rings. The van der Waals surface area contributed by atoms with Crippen LogP contribution in [-0.2, 0) is 39.5 Å². The number of anilines is 1. The van der Waals surface area contributed by atoms with E-state index in [0.717, 1.165) is 43.2 Å². The first-order valence-corrected chi connectivity index (χ1v) is 18.2. The number of aromatic nitrogens is 2. The first-order chi connectivity index (χ1) is 22.9. The van der Waals surface area contributed by atoms with Crippen molar-refractivity contribution in [3.63, 3.8) is 0 Å². The van der Waals surface area contributed by atoms with Crippen molar-refractivity contribution in [2.75, 3.05) is 24.6 Å². The molecule has 11 nitrogen and oxygen atoms in total. The molecule has 3 aromatic rings. The van der Waals surface area contributed by atoms with E-state index in [0.29, 0.717) is 36.2 Å². The maximum absolute atomic E-state index is 14.9. The number of hydrogen-bond donors (Lipinski definition) is 2. The van der Waals surface area contributed by atoms with Gasteiger partial charge in [0.2, 0.25) is 0 Å². The Kier molecular flexibility index (Phi) is 9.98. The molecule has 1 fully saturated rings. The van der Waals surface area contributed by atoms with Crippen molar-refractivity contribution in [1.29, 1.82) is 0 Å². The molecule has 48 heavy (non-hydrogen) atoms. The molecule has 256 valence electrons. The molecular weight excluding hydrogens is 654 g/mol. The zero-order chi connectivity index (χ0) is 34.1. The Labute approximate surface area is 286 Å². The number of aliphatic hydroxyl groups excluding tert-OH is 1. The van der Waals surface area contributed by atoms with Gasteiger partial charge in [-0.25, -0.2) is 4.21 Å². The van der Waals surface area contributed by atoms with Gasteiger partial charge in [0.05, 0.1) is 35.1 Å². The lowest BCUT2D eigenvalue weighted by molar-refractivity contribution is -0.137. The molecule has 1 saturated carbocycles. The van der Waals surface area contributed by atoms with E-state index in [9.17, 15) is 18.9 Å². The normalized spacial score (nSPS) is 26.7. The zero-order valence-corrected chi connectivity index (χ0v) is 29.0. The van der Waals surface area contributed by atoms with Gasteiger partial charge in [-0.1, -0.05) is 29.8 Å². The number of aliphatic hydroxyl groups is 1. The molecule has 1 aliphatic carbocycles. The highest BCUT2D eigenvalue weighted by Crippen LogP contribution is 2.41. The summed E-state index contributed by atoms with van der Waals surface area (Å²) in [6.45, 7) is 4.72. The third-order valence-corrected chi connectivity index (χ3v) is 11.4. The van der Waals surface area contributed by atoms with Gasteiger partial charge in [0, 0.05) is 31.4 Å². The second-order valence-electron chi connectivity index (χ2n) is 13.2. The summed E-state index contributed by atoms with van der Waals surface area (Å²) < 4.78 is 35.4. The van der Waals surface area contributed by atoms with Crippen LogP contribution in [0.1, 0.15) is 61.0 Å². The highest BCUT2D eigenvalue weighted by Gasteiger charge is 2.37. The second-order valence-corrected chi connectivity index (χ2v) is 15.6. The van der Waals surface area contributed by atoms with Gasteiger partial charge in [0.15, 0.2) is 9.92 Å². The Balaban J connectivity index is 1.48. The highest BCUT2D eigenvalue weighted by molar-refractivity contribution is 7.92. The van der Waals surface area contributed by atoms with Gasteiger partial charge in [-0.15, -0.1) is 4.36 Å². The van der Waals surface area contributed by atoms with Crippen molar-refractivity contribution < 1.29 is 28.4 Å². The van der Waals surface area contributed by atoms with Gasteiger partial charge >= 0.3 is 0 Å². The monoisotopic (exact) mass is 695 g/mol. The zero-order valence-electron chi connectivity index (χ0n) is 27.4. The molecule has 2 amide bonds. The van der Waals surface area contributed by atoms with E-state index in [1.54, 1.807) is 37.4 Å². The Morgan fingerprint density at radius 3 is 2.73 bits per heavy atom. The topological polar surface area (TPSA) is 135 Å². The minimum atomic E-state index is -3.89. The Bertz CT molecular complexity index is 1850. The van der Waals surface area contributed by atoms with E-state index in [1.165, 1.54) is 30.9 Å². The SMILES string of the molecule is Cn1cc(C(=O)NS2(=O)=NC(=O)C(C)(C)OC/C=C/[C@H](O)[C@@H]3CC[C@H]3CN3CCCCc4cc(Cl)ccc4COc4ccc2cc43)cn1. The maximum atomic E-state index is 14.9. The summed E-state index contributed by atoms with van der Waals surface area (Å²) in [6.07, 6.45) is 10.1. The number of amides is 2. The molecule has 13 heteroatoms. The minimum absolute atomic E-state index is 0.0435. The minimum Gasteiger partial charge on any atom is -0.487 e. The average Bonchev–Trinajstić information content (AvgIpc) is 3.46. The van der Waals surface area contributed by atoms with E-state index in [1.807, 2.05) is 18.2 Å². The number of hydrogen-bond acceptors (Lipinski definition) is 8. The van der Waals surface area contributed by atoms with Crippen LogP contribution in [0.4, 0.5) is 5.69 Å². The molecule has 3 heterocycles. The molecular formula is C35H42ClN5O6S. The van der Waals surface area contributed by atoms with Gasteiger partial charge in [-0.3, -0.25) is 19.0 Å². The van der Waals surface area contributed by atoms with E-state index in [-0.39, 0.29) is 28.9 Å². The Hall–Kier alpha value is -3.71. The van der Waals surface area contributed by atoms with Crippen molar-refractivity contribution in [3.8, 4) is 5.75 Å². The quantitative estimate of drug-likeness (QED) is 0.348. The number of benzene rings is 2. The van der Waals surface area contributed by atoms with Crippen LogP contribution in [0.3, 0.4) is 0 Å². The number of ether oxygens (including phenoxy) is 2. The number of rotatable bonds is 2. The third-order valence-electron chi connectivity index (χ3n) is 9.43. The van der Waals surface area contributed by atoms with Crippen molar-refractivity contribution in [2.45, 2.75) is 69.2 Å². The molecule has 2 N–H and O–H groups in total. The summed E-state index contributed by atoms with van der Waals surface area (Å²) in [5.74, 6) is -0.674. The van der Waals surface area contributed by atoms with Crippen molar-refractivity contribution >= 4 is 39.0 Å². The number of carbonyl (C=O) groups is 2. The fourth-order valence-electron chi connectivity index (χ4n) is 6.38. The summed E-state index contributed by atoms with van der Waals surface area (Å²) in [7, 11) is -2.22. The van der Waals surface area contributed by atoms with Gasteiger partial charge < -0.3 is 19.5 Å². The molecule has 6 rings (SSSR count). The largest absolute Gasteiger partial charge is 0.487 e. The molecule has 0 radical (unpaired) electrons. The predicted molar refractivity (Wildman–Crippen MR) is 183 cm³/mol. The van der Waals surface area contributed by atoms with Crippen LogP contribution in [0.2, 0.25) is 5.02 Å². The smallest absolute Gasteiger partial charge is 0.287 e. The lowest BCUT2D eigenvalue weighted by Crippen LogP contribution is -2.43. The Morgan fingerprint density at radius 1 is 1.15 bits per heavy atom. The number of nitrogens with one attached hydrogen (secondary N) is 1. The van der Waals surface area contributed by atoms with Crippen molar-refractivity contribution in [1.82, 2.24) is 14.5 Å². The fraction of sp³-hybridized carbons (Fsp3) is 0.457. The maximum Gasteiger partial charge on any atom is 0.287 e. The lowest BCUT2D eigenvalue weighted by atomic mass is 9.70. The molecule has 1 unspecified atom stereocenters. The van der Waals surface area contributed by atoms with Gasteiger partial charge in [-0.05, 0) is 99.2 Å². The second kappa shape index (κ2) is 14.0. The number of fused-ring (bicyclic) bond motifs is 3. The molecule has 0 saturated heterocycles. The third kappa shape index (κ3) is 7.46. The van der Waals surface area contributed by atoms with E-state index < -0.39 is 33.4 Å². The van der Waals surface area contributed by atoms with Crippen molar-refractivity contribution in [2.24, 2.45) is 23.2 Å². The predicted octanol–water partition coefficient (Wildman–Crippen LogP) is 5.25. The lowest BCUT2D eigenvalue weighted by Gasteiger charge is -2.42. The number of halogens is 1.